The molecule has 0 aromatic heterocycles. The van der Waals surface area contributed by atoms with Crippen molar-refractivity contribution in [3.05, 3.63) is 0 Å². The molecule has 3 aliphatic rings. The van der Waals surface area contributed by atoms with Gasteiger partial charge in [-0.25, -0.2) is 0 Å². The van der Waals surface area contributed by atoms with Crippen molar-refractivity contribution in [3.8, 4) is 0 Å². The monoisotopic (exact) mass is 194 g/mol. The van der Waals surface area contributed by atoms with Crippen LogP contribution in [0.2, 0.25) is 0 Å². The third kappa shape index (κ3) is 1.49. The summed E-state index contributed by atoms with van der Waals surface area (Å²) in [5, 5.41) is 7.27. The van der Waals surface area contributed by atoms with Gasteiger partial charge in [0.2, 0.25) is 0 Å². The standard InChI is InChI=1S/C12H22N2/c1-2-4-10-9(3-1)7-14-12-8-13-6-5-11(10)12/h9-14H,1-8H2. The van der Waals surface area contributed by atoms with Crippen molar-refractivity contribution in [1.82, 2.24) is 10.6 Å². The van der Waals surface area contributed by atoms with Crippen LogP contribution in [0.1, 0.15) is 32.1 Å². The zero-order chi connectivity index (χ0) is 9.38. The normalized spacial score (nSPS) is 48.0. The fraction of sp³-hybridized carbons (Fsp3) is 1.00. The molecule has 0 spiro atoms. The van der Waals surface area contributed by atoms with E-state index in [4.69, 9.17) is 0 Å². The zero-order valence-electron chi connectivity index (χ0n) is 8.97. The summed E-state index contributed by atoms with van der Waals surface area (Å²) in [4.78, 5) is 0. The Bertz CT molecular complexity index is 182. The van der Waals surface area contributed by atoms with Gasteiger partial charge in [0.05, 0.1) is 0 Å². The van der Waals surface area contributed by atoms with Crippen molar-refractivity contribution < 1.29 is 0 Å². The lowest BCUT2D eigenvalue weighted by Gasteiger charge is -2.48. The highest BCUT2D eigenvalue weighted by molar-refractivity contribution is 4.96. The summed E-state index contributed by atoms with van der Waals surface area (Å²) < 4.78 is 0. The van der Waals surface area contributed by atoms with Crippen LogP contribution in [0.15, 0.2) is 0 Å². The maximum absolute atomic E-state index is 3.76. The molecule has 0 radical (unpaired) electrons. The van der Waals surface area contributed by atoms with E-state index in [2.05, 4.69) is 10.6 Å². The molecule has 80 valence electrons. The second kappa shape index (κ2) is 3.82. The summed E-state index contributed by atoms with van der Waals surface area (Å²) in [5.41, 5.74) is 0. The first-order valence-electron chi connectivity index (χ1n) is 6.39. The van der Waals surface area contributed by atoms with Gasteiger partial charge in [-0.2, -0.15) is 0 Å². The summed E-state index contributed by atoms with van der Waals surface area (Å²) in [5.74, 6) is 3.08. The first-order chi connectivity index (χ1) is 6.95. The second-order valence-corrected chi connectivity index (χ2v) is 5.38. The van der Waals surface area contributed by atoms with Crippen molar-refractivity contribution >= 4 is 0 Å². The Morgan fingerprint density at radius 2 is 1.79 bits per heavy atom. The van der Waals surface area contributed by atoms with Crippen LogP contribution >= 0.6 is 0 Å². The van der Waals surface area contributed by atoms with Crippen LogP contribution in [-0.4, -0.2) is 25.7 Å². The van der Waals surface area contributed by atoms with Gasteiger partial charge < -0.3 is 10.6 Å². The average molecular weight is 194 g/mol. The minimum absolute atomic E-state index is 0.795. The number of hydrogen-bond acceptors (Lipinski definition) is 2. The van der Waals surface area contributed by atoms with E-state index in [1.807, 2.05) is 0 Å². The summed E-state index contributed by atoms with van der Waals surface area (Å²) in [6.07, 6.45) is 7.41. The van der Waals surface area contributed by atoms with Gasteiger partial charge >= 0.3 is 0 Å². The van der Waals surface area contributed by atoms with Crippen molar-refractivity contribution in [2.24, 2.45) is 17.8 Å². The van der Waals surface area contributed by atoms with Crippen LogP contribution in [0.5, 0.6) is 0 Å². The summed E-state index contributed by atoms with van der Waals surface area (Å²) in [6, 6.07) is 0.795. The molecule has 2 heteroatoms. The van der Waals surface area contributed by atoms with Crippen LogP contribution in [0.3, 0.4) is 0 Å². The van der Waals surface area contributed by atoms with Gasteiger partial charge in [-0.3, -0.25) is 0 Å². The highest BCUT2D eigenvalue weighted by Gasteiger charge is 2.40. The molecule has 0 bridgehead atoms. The van der Waals surface area contributed by atoms with Gasteiger partial charge in [-0.15, -0.1) is 0 Å². The first-order valence-corrected chi connectivity index (χ1v) is 6.39. The topological polar surface area (TPSA) is 24.1 Å². The Morgan fingerprint density at radius 1 is 0.857 bits per heavy atom. The highest BCUT2D eigenvalue weighted by atomic mass is 15.0. The van der Waals surface area contributed by atoms with E-state index in [9.17, 15) is 0 Å². The predicted molar refractivity (Wildman–Crippen MR) is 58.2 cm³/mol. The minimum Gasteiger partial charge on any atom is -0.315 e. The van der Waals surface area contributed by atoms with Crippen molar-refractivity contribution in [2.75, 3.05) is 19.6 Å². The molecule has 2 aliphatic heterocycles. The summed E-state index contributed by atoms with van der Waals surface area (Å²) in [6.45, 7) is 3.77. The van der Waals surface area contributed by atoms with E-state index in [0.717, 1.165) is 23.8 Å². The van der Waals surface area contributed by atoms with Crippen LogP contribution in [-0.2, 0) is 0 Å². The Balaban J connectivity index is 1.74. The number of fused-ring (bicyclic) bond motifs is 3. The average Bonchev–Trinajstić information content (AvgIpc) is 2.29. The first kappa shape index (κ1) is 9.17. The smallest absolute Gasteiger partial charge is 0.0224 e. The van der Waals surface area contributed by atoms with E-state index in [1.54, 1.807) is 0 Å². The van der Waals surface area contributed by atoms with E-state index < -0.39 is 0 Å². The Labute approximate surface area is 86.8 Å². The van der Waals surface area contributed by atoms with Gasteiger partial charge in [0.1, 0.15) is 0 Å². The van der Waals surface area contributed by atoms with Crippen LogP contribution in [0.4, 0.5) is 0 Å². The molecular weight excluding hydrogens is 172 g/mol. The molecule has 2 N–H and O–H groups in total. The molecule has 0 aromatic carbocycles. The molecule has 0 amide bonds. The second-order valence-electron chi connectivity index (χ2n) is 5.38. The number of piperidine rings is 2. The molecule has 1 aliphatic carbocycles. The molecular formula is C12H22N2. The van der Waals surface area contributed by atoms with Crippen molar-refractivity contribution in [2.45, 2.75) is 38.1 Å². The fourth-order valence-electron chi connectivity index (χ4n) is 3.97. The molecule has 2 heterocycles. The quantitative estimate of drug-likeness (QED) is 0.608. The maximum Gasteiger partial charge on any atom is 0.0224 e. The molecule has 3 rings (SSSR count). The summed E-state index contributed by atoms with van der Waals surface area (Å²) in [7, 11) is 0. The lowest BCUT2D eigenvalue weighted by atomic mass is 9.66. The Kier molecular flexibility index (Phi) is 2.50. The zero-order valence-corrected chi connectivity index (χ0v) is 8.97. The van der Waals surface area contributed by atoms with Gasteiger partial charge in [0.15, 0.2) is 0 Å². The molecule has 2 nitrogen and oxygen atoms in total. The molecule has 1 saturated carbocycles. The minimum atomic E-state index is 0.795. The number of rotatable bonds is 0. The third-order valence-corrected chi connectivity index (χ3v) is 4.70. The van der Waals surface area contributed by atoms with Crippen LogP contribution in [0, 0.1) is 17.8 Å². The van der Waals surface area contributed by atoms with Gasteiger partial charge in [0.25, 0.3) is 0 Å². The van der Waals surface area contributed by atoms with Gasteiger partial charge in [-0.1, -0.05) is 12.8 Å². The van der Waals surface area contributed by atoms with E-state index in [-0.39, 0.29) is 0 Å². The predicted octanol–water partition coefficient (Wildman–Crippen LogP) is 1.37. The van der Waals surface area contributed by atoms with Crippen LogP contribution < -0.4 is 10.6 Å². The molecule has 4 atom stereocenters. The van der Waals surface area contributed by atoms with Gasteiger partial charge in [0, 0.05) is 12.6 Å². The lowest BCUT2D eigenvalue weighted by molar-refractivity contribution is 0.0620. The number of hydrogen-bond donors (Lipinski definition) is 2. The van der Waals surface area contributed by atoms with Crippen molar-refractivity contribution in [3.63, 3.8) is 0 Å². The maximum atomic E-state index is 3.76. The molecule has 0 aromatic rings. The molecule has 4 unspecified atom stereocenters. The van der Waals surface area contributed by atoms with Crippen molar-refractivity contribution in [1.29, 1.82) is 0 Å². The Morgan fingerprint density at radius 3 is 2.79 bits per heavy atom. The SMILES string of the molecule is C1CCC2C(C1)CNC1CNCCC12. The largest absolute Gasteiger partial charge is 0.315 e. The summed E-state index contributed by atoms with van der Waals surface area (Å²) >= 11 is 0. The number of nitrogens with one attached hydrogen (secondary N) is 2. The molecule has 2 saturated heterocycles. The Hall–Kier alpha value is -0.0800. The third-order valence-electron chi connectivity index (χ3n) is 4.70. The van der Waals surface area contributed by atoms with Crippen LogP contribution in [0.25, 0.3) is 0 Å². The van der Waals surface area contributed by atoms with E-state index in [0.29, 0.717) is 0 Å². The molecule has 14 heavy (non-hydrogen) atoms. The highest BCUT2D eigenvalue weighted by Crippen LogP contribution is 2.41. The fourth-order valence-corrected chi connectivity index (χ4v) is 3.97. The molecule has 3 fully saturated rings. The lowest BCUT2D eigenvalue weighted by Crippen LogP contribution is -2.58. The van der Waals surface area contributed by atoms with Gasteiger partial charge in [-0.05, 0) is 50.1 Å². The van der Waals surface area contributed by atoms with E-state index >= 15 is 0 Å². The van der Waals surface area contributed by atoms with E-state index in [1.165, 1.54) is 51.7 Å².